The number of alkyl halides is 6. The molecule has 0 radical (unpaired) electrons. The summed E-state index contributed by atoms with van der Waals surface area (Å²) < 4.78 is 96.1. The summed E-state index contributed by atoms with van der Waals surface area (Å²) in [5, 5.41) is 23.0. The predicted octanol–water partition coefficient (Wildman–Crippen LogP) is 8.92. The van der Waals surface area contributed by atoms with Gasteiger partial charge in [-0.15, -0.1) is 11.3 Å². The van der Waals surface area contributed by atoms with Crippen molar-refractivity contribution in [2.45, 2.75) is 107 Å². The number of aromatic nitrogens is 1. The fourth-order valence-electron chi connectivity index (χ4n) is 8.34. The summed E-state index contributed by atoms with van der Waals surface area (Å²) in [6, 6.07) is 8.53. The van der Waals surface area contributed by atoms with Crippen LogP contribution in [0.3, 0.4) is 0 Å². The summed E-state index contributed by atoms with van der Waals surface area (Å²) in [6.45, 7) is 5.37. The van der Waals surface area contributed by atoms with E-state index in [-0.39, 0.29) is 75.3 Å². The summed E-state index contributed by atoms with van der Waals surface area (Å²) in [4.78, 5) is 34.5. The molecule has 56 heavy (non-hydrogen) atoms. The van der Waals surface area contributed by atoms with Crippen LogP contribution in [-0.4, -0.2) is 74.2 Å². The number of thiophene rings is 1. The number of carbonyl (C=O) groups excluding carboxylic acids is 2. The number of hydrogen-bond acceptors (Lipinski definition) is 8. The lowest BCUT2D eigenvalue weighted by atomic mass is 9.78. The maximum atomic E-state index is 15.0. The number of carbonyl (C=O) groups is 2. The van der Waals surface area contributed by atoms with Gasteiger partial charge >= 0.3 is 12.4 Å². The first-order chi connectivity index (χ1) is 26.5. The maximum absolute atomic E-state index is 15.0. The van der Waals surface area contributed by atoms with E-state index < -0.39 is 57.5 Å². The Kier molecular flexibility index (Phi) is 12.0. The highest BCUT2D eigenvalue weighted by molar-refractivity contribution is 7.10. The number of nitrogens with zero attached hydrogens (tertiary/aromatic N) is 3. The SMILES string of the molecule is C=C(O)[C@H]1CC[C@@H](Oc2ccccc2C2(O)CCN(C(=O)[C@]3(Oc4csc(C(F)(F)F)c4)CCCN(C(=O)c4ncccc4C(F)(F)F)[C@@H]3CCC)CC2)CC1. The van der Waals surface area contributed by atoms with Crippen molar-refractivity contribution in [2.75, 3.05) is 19.6 Å². The van der Waals surface area contributed by atoms with Gasteiger partial charge in [-0.3, -0.25) is 14.6 Å². The molecule has 3 fully saturated rings. The molecule has 16 heteroatoms. The monoisotopic (exact) mass is 809 g/mol. The average molecular weight is 810 g/mol. The fourth-order valence-corrected chi connectivity index (χ4v) is 9.02. The Morgan fingerprint density at radius 3 is 2.30 bits per heavy atom. The van der Waals surface area contributed by atoms with Gasteiger partial charge < -0.3 is 29.5 Å². The first-order valence-corrected chi connectivity index (χ1v) is 19.7. The van der Waals surface area contributed by atoms with Crippen LogP contribution in [0.25, 0.3) is 0 Å². The lowest BCUT2D eigenvalue weighted by Gasteiger charge is -2.51. The van der Waals surface area contributed by atoms with Crippen molar-refractivity contribution < 1.29 is 55.6 Å². The number of aliphatic hydroxyl groups excluding tert-OH is 1. The minimum Gasteiger partial charge on any atom is -0.513 e. The Morgan fingerprint density at radius 2 is 1.68 bits per heavy atom. The van der Waals surface area contributed by atoms with Gasteiger partial charge in [0.05, 0.1) is 29.1 Å². The molecular formula is C40H45F6N3O6S. The lowest BCUT2D eigenvalue weighted by Crippen LogP contribution is -2.68. The van der Waals surface area contributed by atoms with E-state index in [2.05, 4.69) is 11.6 Å². The van der Waals surface area contributed by atoms with E-state index in [4.69, 9.17) is 9.47 Å². The van der Waals surface area contributed by atoms with Crippen LogP contribution >= 0.6 is 11.3 Å². The van der Waals surface area contributed by atoms with Crippen molar-refractivity contribution in [1.82, 2.24) is 14.8 Å². The van der Waals surface area contributed by atoms with Gasteiger partial charge in [0.15, 0.2) is 0 Å². The molecule has 2 saturated heterocycles. The summed E-state index contributed by atoms with van der Waals surface area (Å²) >= 11 is 0.376. The molecule has 4 heterocycles. The number of piperidine rings is 2. The number of ether oxygens (including phenoxy) is 2. The fraction of sp³-hybridized carbons (Fsp3) is 0.525. The highest BCUT2D eigenvalue weighted by atomic mass is 32.1. The van der Waals surface area contributed by atoms with Gasteiger partial charge in [-0.25, -0.2) is 0 Å². The zero-order valence-electron chi connectivity index (χ0n) is 30.9. The van der Waals surface area contributed by atoms with E-state index in [9.17, 15) is 46.1 Å². The van der Waals surface area contributed by atoms with Crippen LogP contribution < -0.4 is 9.47 Å². The van der Waals surface area contributed by atoms with Crippen LogP contribution in [0.1, 0.15) is 97.6 Å². The number of benzene rings is 1. The number of pyridine rings is 1. The molecule has 0 unspecified atom stereocenters. The van der Waals surface area contributed by atoms with Crippen LogP contribution in [0.2, 0.25) is 0 Å². The highest BCUT2D eigenvalue weighted by Gasteiger charge is 2.57. The number of likely N-dealkylation sites (tertiary alicyclic amines) is 2. The summed E-state index contributed by atoms with van der Waals surface area (Å²) in [5.41, 5.74) is -4.96. The molecule has 2 amide bonds. The third-order valence-electron chi connectivity index (χ3n) is 11.2. The van der Waals surface area contributed by atoms with Gasteiger partial charge in [0, 0.05) is 55.2 Å². The molecule has 0 spiro atoms. The minimum absolute atomic E-state index is 0.00118. The van der Waals surface area contributed by atoms with E-state index in [1.54, 1.807) is 31.2 Å². The first-order valence-electron chi connectivity index (χ1n) is 18.8. The van der Waals surface area contributed by atoms with Gasteiger partial charge in [-0.2, -0.15) is 26.3 Å². The second-order valence-electron chi connectivity index (χ2n) is 14.8. The minimum atomic E-state index is -4.91. The van der Waals surface area contributed by atoms with Gasteiger partial charge in [-0.05, 0) is 69.6 Å². The Hall–Kier alpha value is -4.31. The Morgan fingerprint density at radius 1 is 0.982 bits per heavy atom. The second kappa shape index (κ2) is 16.3. The Labute approximate surface area is 324 Å². The van der Waals surface area contributed by atoms with Crippen LogP contribution in [0, 0.1) is 5.92 Å². The van der Waals surface area contributed by atoms with E-state index in [0.717, 1.165) is 34.7 Å². The van der Waals surface area contributed by atoms with Crippen LogP contribution in [0.4, 0.5) is 26.3 Å². The zero-order chi connectivity index (χ0) is 40.5. The number of allylic oxidation sites excluding steroid dienone is 1. The molecule has 2 N–H and O–H groups in total. The predicted molar refractivity (Wildman–Crippen MR) is 195 cm³/mol. The van der Waals surface area contributed by atoms with E-state index in [1.807, 2.05) is 0 Å². The molecule has 1 aromatic carbocycles. The second-order valence-corrected chi connectivity index (χ2v) is 15.8. The molecule has 6 rings (SSSR count). The van der Waals surface area contributed by atoms with Gasteiger partial charge in [0.2, 0.25) is 5.60 Å². The Bertz CT molecular complexity index is 1890. The summed E-state index contributed by atoms with van der Waals surface area (Å²) in [6.07, 6.45) is -5.26. The Balaban J connectivity index is 1.29. The molecule has 0 bridgehead atoms. The number of rotatable bonds is 10. The standard InChI is InChI=1S/C40H45F6N3O6S/c1-3-8-32-38(55-28-23-33(56-24-28)40(44,45)46,16-7-20-49(32)35(51)34-30(39(41,42)43)10-6-19-47-34)36(52)48-21-17-37(53,18-22-48)29-9-4-5-11-31(29)54-27-14-12-26(13-15-27)25(2)50/h4-6,9-11,19,23-24,26-27,32,50,53H,2-3,7-8,12-18,20-22H2,1H3/t26-,27+,32-,38+/m1/s1. The molecule has 304 valence electrons. The van der Waals surface area contributed by atoms with E-state index >= 15 is 0 Å². The third-order valence-corrected chi connectivity index (χ3v) is 12.2. The number of aliphatic hydroxyl groups is 2. The molecule has 1 aliphatic carbocycles. The topological polar surface area (TPSA) is 112 Å². The molecule has 2 atom stereocenters. The maximum Gasteiger partial charge on any atom is 0.425 e. The molecule has 2 aliphatic heterocycles. The molecule has 9 nitrogen and oxygen atoms in total. The van der Waals surface area contributed by atoms with Gasteiger partial charge in [0.1, 0.15) is 22.1 Å². The van der Waals surface area contributed by atoms with Crippen LogP contribution in [0.5, 0.6) is 11.5 Å². The molecule has 3 aliphatic rings. The zero-order valence-corrected chi connectivity index (χ0v) is 31.7. The highest BCUT2D eigenvalue weighted by Crippen LogP contribution is 2.45. The number of para-hydroxylation sites is 1. The molecule has 1 saturated carbocycles. The van der Waals surface area contributed by atoms with Crippen molar-refractivity contribution in [3.05, 3.63) is 88.1 Å². The van der Waals surface area contributed by atoms with Crippen LogP contribution in [-0.2, 0) is 22.7 Å². The van der Waals surface area contributed by atoms with Crippen molar-refractivity contribution >= 4 is 23.2 Å². The molecular weight excluding hydrogens is 765 g/mol. The van der Waals surface area contributed by atoms with Gasteiger partial charge in [0.25, 0.3) is 11.8 Å². The summed E-state index contributed by atoms with van der Waals surface area (Å²) in [5.74, 6) is -1.30. The molecule has 2 aromatic heterocycles. The van der Waals surface area contributed by atoms with Crippen LogP contribution in [0.15, 0.2) is 66.4 Å². The van der Waals surface area contributed by atoms with Crippen molar-refractivity contribution in [1.29, 1.82) is 0 Å². The van der Waals surface area contributed by atoms with Gasteiger partial charge in [-0.1, -0.05) is 38.1 Å². The largest absolute Gasteiger partial charge is 0.513 e. The van der Waals surface area contributed by atoms with Crippen molar-refractivity contribution in [3.8, 4) is 11.5 Å². The van der Waals surface area contributed by atoms with Crippen molar-refractivity contribution in [2.24, 2.45) is 5.92 Å². The number of halogens is 6. The average Bonchev–Trinajstić information content (AvgIpc) is 3.65. The summed E-state index contributed by atoms with van der Waals surface area (Å²) in [7, 11) is 0. The lowest BCUT2D eigenvalue weighted by molar-refractivity contribution is -0.163. The number of hydrogen-bond donors (Lipinski definition) is 2. The van der Waals surface area contributed by atoms with E-state index in [0.29, 0.717) is 54.8 Å². The smallest absolute Gasteiger partial charge is 0.425 e. The van der Waals surface area contributed by atoms with Crippen molar-refractivity contribution in [3.63, 3.8) is 0 Å². The first kappa shape index (κ1) is 41.3. The van der Waals surface area contributed by atoms with E-state index in [1.165, 1.54) is 4.90 Å². The normalized spacial score (nSPS) is 24.4. The quantitative estimate of drug-likeness (QED) is 0.155. The molecule has 3 aromatic rings. The third kappa shape index (κ3) is 8.50. The number of amides is 2.